The lowest BCUT2D eigenvalue weighted by Crippen LogP contribution is -2.02. The van der Waals surface area contributed by atoms with Crippen molar-refractivity contribution in [2.24, 2.45) is 0 Å². The van der Waals surface area contributed by atoms with Crippen LogP contribution in [0.4, 0.5) is 0 Å². The summed E-state index contributed by atoms with van der Waals surface area (Å²) in [6.07, 6.45) is 0.658. The Morgan fingerprint density at radius 1 is 1.47 bits per heavy atom. The Bertz CT molecular complexity index is 788. The fourth-order valence-electron chi connectivity index (χ4n) is 2.02. The van der Waals surface area contributed by atoms with Crippen molar-refractivity contribution < 1.29 is 4.52 Å². The summed E-state index contributed by atoms with van der Waals surface area (Å²) in [6.45, 7) is 2.45. The molecule has 0 saturated carbocycles. The summed E-state index contributed by atoms with van der Waals surface area (Å²) in [4.78, 5) is 7.29. The maximum absolute atomic E-state index is 6.13. The van der Waals surface area contributed by atoms with E-state index in [0.717, 1.165) is 11.0 Å². The number of nitrogens with one attached hydrogen (secondary N) is 1. The van der Waals surface area contributed by atoms with Crippen LogP contribution in [0, 0.1) is 11.7 Å². The van der Waals surface area contributed by atoms with E-state index in [4.69, 9.17) is 28.3 Å². The van der Waals surface area contributed by atoms with E-state index in [-0.39, 0.29) is 0 Å². The Balaban J connectivity index is 1.95. The zero-order valence-electron chi connectivity index (χ0n) is 10.2. The third-order valence-electron chi connectivity index (χ3n) is 2.89. The molecule has 0 saturated heterocycles. The molecule has 0 unspecified atom stereocenters. The van der Waals surface area contributed by atoms with Gasteiger partial charge in [-0.15, -0.1) is 0 Å². The fraction of sp³-hybridized carbons (Fsp3) is 0.250. The van der Waals surface area contributed by atoms with E-state index >= 15 is 0 Å². The molecule has 3 aromatic rings. The van der Waals surface area contributed by atoms with Crippen LogP contribution in [0.25, 0.3) is 11.0 Å². The summed E-state index contributed by atoms with van der Waals surface area (Å²) in [7, 11) is 0. The Hall–Kier alpha value is -1.66. The summed E-state index contributed by atoms with van der Waals surface area (Å²) in [5.41, 5.74) is 1.84. The second kappa shape index (κ2) is 4.79. The van der Waals surface area contributed by atoms with Gasteiger partial charge in [-0.1, -0.05) is 22.8 Å². The number of H-pyrrole nitrogens is 1. The van der Waals surface area contributed by atoms with Crippen LogP contribution < -0.4 is 0 Å². The molecule has 0 bridgehead atoms. The van der Waals surface area contributed by atoms with Gasteiger partial charge in [0.1, 0.15) is 0 Å². The minimum Gasteiger partial charge on any atom is -0.340 e. The van der Waals surface area contributed by atoms with Gasteiger partial charge in [-0.2, -0.15) is 4.98 Å². The number of aromatic nitrogens is 4. The molecule has 0 aliphatic heterocycles. The number of para-hydroxylation sites is 1. The summed E-state index contributed by atoms with van der Waals surface area (Å²) in [5.74, 6) is 1.25. The average molecular weight is 295 g/mol. The molecule has 2 aromatic heterocycles. The summed E-state index contributed by atoms with van der Waals surface area (Å²) in [5, 5.41) is 4.54. The number of aryl methyl sites for hydroxylation is 3. The molecule has 0 atom stereocenters. The second-order valence-electron chi connectivity index (χ2n) is 4.20. The summed E-state index contributed by atoms with van der Waals surface area (Å²) < 4.78 is 7.58. The minimum absolute atomic E-state index is 0.570. The van der Waals surface area contributed by atoms with Crippen molar-refractivity contribution in [1.29, 1.82) is 0 Å². The van der Waals surface area contributed by atoms with Crippen molar-refractivity contribution in [3.05, 3.63) is 39.7 Å². The van der Waals surface area contributed by atoms with Gasteiger partial charge in [0.15, 0.2) is 10.6 Å². The van der Waals surface area contributed by atoms with E-state index in [0.29, 0.717) is 34.5 Å². The van der Waals surface area contributed by atoms with Crippen LogP contribution in [0.1, 0.15) is 11.7 Å². The van der Waals surface area contributed by atoms with E-state index in [9.17, 15) is 0 Å². The molecule has 0 aliphatic carbocycles. The SMILES string of the molecule is Cc1nc(CCn2c(=S)[nH]c3c(Cl)cccc32)no1. The lowest BCUT2D eigenvalue weighted by atomic mass is 10.3. The van der Waals surface area contributed by atoms with E-state index in [1.165, 1.54) is 0 Å². The second-order valence-corrected chi connectivity index (χ2v) is 4.99. The molecule has 3 rings (SSSR count). The van der Waals surface area contributed by atoms with Crippen LogP contribution in [-0.4, -0.2) is 19.7 Å². The summed E-state index contributed by atoms with van der Waals surface area (Å²) >= 11 is 11.4. The molecule has 5 nitrogen and oxygen atoms in total. The Kier molecular flexibility index (Phi) is 3.12. The number of nitrogens with zero attached hydrogens (tertiary/aromatic N) is 3. The third kappa shape index (κ3) is 2.29. The molecular formula is C12H11ClN4OS. The number of hydrogen-bond donors (Lipinski definition) is 1. The van der Waals surface area contributed by atoms with Gasteiger partial charge in [0.2, 0.25) is 5.89 Å². The topological polar surface area (TPSA) is 59.6 Å². The fourth-order valence-corrected chi connectivity index (χ4v) is 2.53. The van der Waals surface area contributed by atoms with Crippen molar-refractivity contribution in [2.45, 2.75) is 19.9 Å². The molecule has 1 aromatic carbocycles. The Morgan fingerprint density at radius 3 is 3.05 bits per heavy atom. The van der Waals surface area contributed by atoms with Gasteiger partial charge in [-0.05, 0) is 24.4 Å². The normalized spacial score (nSPS) is 11.3. The van der Waals surface area contributed by atoms with E-state index in [2.05, 4.69) is 15.1 Å². The van der Waals surface area contributed by atoms with Gasteiger partial charge >= 0.3 is 0 Å². The molecule has 7 heteroatoms. The highest BCUT2D eigenvalue weighted by Crippen LogP contribution is 2.22. The highest BCUT2D eigenvalue weighted by Gasteiger charge is 2.08. The summed E-state index contributed by atoms with van der Waals surface area (Å²) in [6, 6.07) is 5.72. The smallest absolute Gasteiger partial charge is 0.223 e. The van der Waals surface area contributed by atoms with Gasteiger partial charge in [-0.3, -0.25) is 0 Å². The van der Waals surface area contributed by atoms with E-state index in [1.807, 2.05) is 22.8 Å². The number of benzene rings is 1. The predicted octanol–water partition coefficient (Wildman–Crippen LogP) is 3.29. The van der Waals surface area contributed by atoms with Crippen LogP contribution >= 0.6 is 23.8 Å². The quantitative estimate of drug-likeness (QED) is 0.753. The average Bonchev–Trinajstić information content (AvgIpc) is 2.92. The van der Waals surface area contributed by atoms with Crippen molar-refractivity contribution >= 4 is 34.9 Å². The zero-order valence-corrected chi connectivity index (χ0v) is 11.8. The van der Waals surface area contributed by atoms with Crippen LogP contribution in [0.3, 0.4) is 0 Å². The molecule has 0 spiro atoms. The number of imidazole rings is 1. The number of aromatic amines is 1. The molecule has 0 fully saturated rings. The van der Waals surface area contributed by atoms with Crippen LogP contribution in [-0.2, 0) is 13.0 Å². The number of halogens is 1. The molecule has 0 radical (unpaired) electrons. The maximum atomic E-state index is 6.13. The molecule has 2 heterocycles. The molecule has 19 heavy (non-hydrogen) atoms. The molecule has 1 N–H and O–H groups in total. The lowest BCUT2D eigenvalue weighted by Gasteiger charge is -2.02. The zero-order chi connectivity index (χ0) is 13.4. The highest BCUT2D eigenvalue weighted by atomic mass is 35.5. The third-order valence-corrected chi connectivity index (χ3v) is 3.53. The first kappa shape index (κ1) is 12.4. The Morgan fingerprint density at radius 2 is 2.32 bits per heavy atom. The first-order valence-corrected chi connectivity index (χ1v) is 6.60. The largest absolute Gasteiger partial charge is 0.340 e. The van der Waals surface area contributed by atoms with Gasteiger partial charge in [0, 0.05) is 19.9 Å². The molecule has 98 valence electrons. The Labute approximate surface area is 119 Å². The highest BCUT2D eigenvalue weighted by molar-refractivity contribution is 7.71. The van der Waals surface area contributed by atoms with Crippen molar-refractivity contribution in [1.82, 2.24) is 19.7 Å². The van der Waals surface area contributed by atoms with E-state index < -0.39 is 0 Å². The monoisotopic (exact) mass is 294 g/mol. The van der Waals surface area contributed by atoms with E-state index in [1.54, 1.807) is 6.92 Å². The maximum Gasteiger partial charge on any atom is 0.223 e. The first-order valence-electron chi connectivity index (χ1n) is 5.81. The minimum atomic E-state index is 0.570. The van der Waals surface area contributed by atoms with Gasteiger partial charge in [0.25, 0.3) is 0 Å². The standard InChI is InChI=1S/C12H11ClN4OS/c1-7-14-10(16-18-7)5-6-17-9-4-2-3-8(13)11(9)15-12(17)19/h2-4H,5-6H2,1H3,(H,15,19). The lowest BCUT2D eigenvalue weighted by molar-refractivity contribution is 0.386. The van der Waals surface area contributed by atoms with Crippen molar-refractivity contribution in [3.63, 3.8) is 0 Å². The number of fused-ring (bicyclic) bond motifs is 1. The van der Waals surface area contributed by atoms with Crippen LogP contribution in [0.2, 0.25) is 5.02 Å². The van der Waals surface area contributed by atoms with Crippen molar-refractivity contribution in [2.75, 3.05) is 0 Å². The van der Waals surface area contributed by atoms with Crippen LogP contribution in [0.5, 0.6) is 0 Å². The van der Waals surface area contributed by atoms with Crippen LogP contribution in [0.15, 0.2) is 22.7 Å². The van der Waals surface area contributed by atoms with Crippen molar-refractivity contribution in [3.8, 4) is 0 Å². The van der Waals surface area contributed by atoms with Gasteiger partial charge in [-0.25, -0.2) is 0 Å². The molecule has 0 aliphatic rings. The molecule has 0 amide bonds. The number of rotatable bonds is 3. The van der Waals surface area contributed by atoms with Gasteiger partial charge < -0.3 is 14.1 Å². The first-order chi connectivity index (χ1) is 9.15. The van der Waals surface area contributed by atoms with Gasteiger partial charge in [0.05, 0.1) is 16.1 Å². The molecular weight excluding hydrogens is 284 g/mol. The predicted molar refractivity (Wildman–Crippen MR) is 74.9 cm³/mol. The number of hydrogen-bond acceptors (Lipinski definition) is 4.